The molecule has 2 atom stereocenters. The number of ketones is 2. The Hall–Kier alpha value is -3.52. The third-order valence-electron chi connectivity index (χ3n) is 6.95. The molecule has 37 heavy (non-hydrogen) atoms. The molecule has 0 amide bonds. The number of aromatic hydroxyl groups is 2. The van der Waals surface area contributed by atoms with Crippen LogP contribution >= 0.6 is 0 Å². The zero-order valence-electron chi connectivity index (χ0n) is 21.1. The number of carbonyl (C=O) groups excluding carboxylic acids is 2. The van der Waals surface area contributed by atoms with Gasteiger partial charge in [0.1, 0.15) is 11.5 Å². The zero-order chi connectivity index (χ0) is 26.4. The summed E-state index contributed by atoms with van der Waals surface area (Å²) in [7, 11) is 0. The highest BCUT2D eigenvalue weighted by molar-refractivity contribution is 6.30. The van der Waals surface area contributed by atoms with Crippen LogP contribution in [-0.2, 0) is 27.2 Å². The SMILES string of the molecule is CC1(C)OC[C@H](C[C@](C)(Cc2cc(O)c3c(c2O)C(=O)c2ccccc2C3=O)OCc2ccccc2)O1. The van der Waals surface area contributed by atoms with E-state index in [-0.39, 0.29) is 46.3 Å². The molecule has 0 unspecified atom stereocenters. The summed E-state index contributed by atoms with van der Waals surface area (Å²) in [6, 6.07) is 17.5. The Morgan fingerprint density at radius 2 is 1.59 bits per heavy atom. The summed E-state index contributed by atoms with van der Waals surface area (Å²) in [5.74, 6) is -2.37. The Balaban J connectivity index is 1.50. The molecule has 3 aromatic rings. The largest absolute Gasteiger partial charge is 0.507 e. The van der Waals surface area contributed by atoms with Gasteiger partial charge in [-0.2, -0.15) is 0 Å². The Morgan fingerprint density at radius 3 is 2.22 bits per heavy atom. The van der Waals surface area contributed by atoms with Gasteiger partial charge in [0.05, 0.1) is 36.0 Å². The lowest BCUT2D eigenvalue weighted by atomic mass is 9.80. The summed E-state index contributed by atoms with van der Waals surface area (Å²) >= 11 is 0. The molecule has 1 aliphatic heterocycles. The molecule has 0 aromatic heterocycles. The van der Waals surface area contributed by atoms with Gasteiger partial charge in [-0.1, -0.05) is 54.6 Å². The molecular weight excluding hydrogens is 472 g/mol. The topological polar surface area (TPSA) is 102 Å². The molecule has 0 saturated carbocycles. The second-order valence-electron chi connectivity index (χ2n) is 10.4. The highest BCUT2D eigenvalue weighted by Gasteiger charge is 2.40. The first-order chi connectivity index (χ1) is 17.6. The molecule has 0 radical (unpaired) electrons. The van der Waals surface area contributed by atoms with E-state index in [0.717, 1.165) is 5.56 Å². The van der Waals surface area contributed by atoms with Crippen LogP contribution < -0.4 is 0 Å². The van der Waals surface area contributed by atoms with Gasteiger partial charge in [0.15, 0.2) is 17.4 Å². The van der Waals surface area contributed by atoms with Crippen LogP contribution in [0.5, 0.6) is 11.5 Å². The van der Waals surface area contributed by atoms with Gasteiger partial charge in [-0.15, -0.1) is 0 Å². The van der Waals surface area contributed by atoms with Crippen molar-refractivity contribution in [3.63, 3.8) is 0 Å². The molecule has 1 saturated heterocycles. The second-order valence-corrected chi connectivity index (χ2v) is 10.4. The molecule has 1 heterocycles. The lowest BCUT2D eigenvalue weighted by molar-refractivity contribution is -0.149. The van der Waals surface area contributed by atoms with E-state index in [9.17, 15) is 19.8 Å². The average molecular weight is 503 g/mol. The molecule has 1 aliphatic carbocycles. The average Bonchev–Trinajstić information content (AvgIpc) is 3.21. The normalized spacial score (nSPS) is 19.8. The molecule has 0 bridgehead atoms. The van der Waals surface area contributed by atoms with Crippen LogP contribution in [0.25, 0.3) is 0 Å². The molecule has 1 fully saturated rings. The van der Waals surface area contributed by atoms with Crippen molar-refractivity contribution >= 4 is 11.6 Å². The Labute approximate surface area is 215 Å². The van der Waals surface area contributed by atoms with Gasteiger partial charge in [-0.25, -0.2) is 0 Å². The van der Waals surface area contributed by atoms with Crippen LogP contribution in [0.1, 0.15) is 70.2 Å². The fourth-order valence-electron chi connectivity index (χ4n) is 5.21. The van der Waals surface area contributed by atoms with Crippen LogP contribution in [0.3, 0.4) is 0 Å². The molecule has 2 N–H and O–H groups in total. The fourth-order valence-corrected chi connectivity index (χ4v) is 5.21. The Bertz CT molecular complexity index is 1360. The molecule has 5 rings (SSSR count). The summed E-state index contributed by atoms with van der Waals surface area (Å²) in [6.07, 6.45) is 0.353. The molecule has 7 nitrogen and oxygen atoms in total. The van der Waals surface area contributed by atoms with Gasteiger partial charge in [0.2, 0.25) is 0 Å². The smallest absolute Gasteiger partial charge is 0.198 e. The maximum atomic E-state index is 13.3. The van der Waals surface area contributed by atoms with Crippen LogP contribution in [0.15, 0.2) is 60.7 Å². The summed E-state index contributed by atoms with van der Waals surface area (Å²) in [6.45, 7) is 6.31. The number of carbonyl (C=O) groups is 2. The first kappa shape index (κ1) is 25.1. The summed E-state index contributed by atoms with van der Waals surface area (Å²) in [4.78, 5) is 26.4. The molecule has 192 valence electrons. The quantitative estimate of drug-likeness (QED) is 0.345. The van der Waals surface area contributed by atoms with E-state index in [0.29, 0.717) is 25.2 Å². The van der Waals surface area contributed by atoms with Crippen LogP contribution in [0, 0.1) is 0 Å². The molecule has 0 spiro atoms. The highest BCUT2D eigenvalue weighted by atomic mass is 16.7. The molecule has 2 aliphatic rings. The minimum atomic E-state index is -0.859. The van der Waals surface area contributed by atoms with E-state index < -0.39 is 23.0 Å². The lowest BCUT2D eigenvalue weighted by Gasteiger charge is -2.33. The predicted molar refractivity (Wildman–Crippen MR) is 136 cm³/mol. The van der Waals surface area contributed by atoms with Crippen molar-refractivity contribution in [1.82, 2.24) is 0 Å². The van der Waals surface area contributed by atoms with Gasteiger partial charge < -0.3 is 24.4 Å². The van der Waals surface area contributed by atoms with Crippen molar-refractivity contribution in [2.45, 2.75) is 57.7 Å². The summed E-state index contributed by atoms with van der Waals surface area (Å²) in [5, 5.41) is 22.1. The Morgan fingerprint density at radius 1 is 0.973 bits per heavy atom. The summed E-state index contributed by atoms with van der Waals surface area (Å²) < 4.78 is 18.2. The summed E-state index contributed by atoms with van der Waals surface area (Å²) in [5.41, 5.74) is 0.491. The lowest BCUT2D eigenvalue weighted by Crippen LogP contribution is -2.37. The van der Waals surface area contributed by atoms with Crippen molar-refractivity contribution in [2.24, 2.45) is 0 Å². The van der Waals surface area contributed by atoms with Gasteiger partial charge in [-0.3, -0.25) is 9.59 Å². The standard InChI is InChI=1S/C30H30O7/c1-29(2)35-17-20(37-29)15-30(3,36-16-18-9-5-4-6-10-18)14-19-13-23(31)24-25(26(19)32)28(34)22-12-8-7-11-21(22)27(24)33/h4-13,20,31-32H,14-17H2,1-3H3/t20-,30-/m0/s1. The monoisotopic (exact) mass is 502 g/mol. The number of phenols is 2. The van der Waals surface area contributed by atoms with Crippen molar-refractivity contribution in [3.8, 4) is 11.5 Å². The van der Waals surface area contributed by atoms with Crippen LogP contribution in [0.2, 0.25) is 0 Å². The number of rotatable bonds is 7. The third kappa shape index (κ3) is 4.90. The highest BCUT2D eigenvalue weighted by Crippen LogP contribution is 2.42. The first-order valence-electron chi connectivity index (χ1n) is 12.3. The molecular formula is C30H30O7. The van der Waals surface area contributed by atoms with Crippen molar-refractivity contribution in [1.29, 1.82) is 0 Å². The number of hydrogen-bond donors (Lipinski definition) is 2. The van der Waals surface area contributed by atoms with Crippen LogP contribution in [-0.4, -0.2) is 45.9 Å². The second kappa shape index (κ2) is 9.41. The van der Waals surface area contributed by atoms with Crippen molar-refractivity contribution in [2.75, 3.05) is 6.61 Å². The van der Waals surface area contributed by atoms with Crippen molar-refractivity contribution in [3.05, 3.63) is 94.0 Å². The van der Waals surface area contributed by atoms with Gasteiger partial charge in [0, 0.05) is 29.5 Å². The number of benzene rings is 3. The number of phenolic OH excluding ortho intramolecular Hbond substituents is 2. The van der Waals surface area contributed by atoms with E-state index in [1.807, 2.05) is 51.1 Å². The van der Waals surface area contributed by atoms with E-state index in [4.69, 9.17) is 14.2 Å². The van der Waals surface area contributed by atoms with Gasteiger partial charge >= 0.3 is 0 Å². The predicted octanol–water partition coefficient (Wildman–Crippen LogP) is 4.93. The minimum Gasteiger partial charge on any atom is -0.507 e. The zero-order valence-corrected chi connectivity index (χ0v) is 21.1. The van der Waals surface area contributed by atoms with E-state index in [1.165, 1.54) is 6.07 Å². The van der Waals surface area contributed by atoms with Crippen LogP contribution in [0.4, 0.5) is 0 Å². The van der Waals surface area contributed by atoms with Crippen molar-refractivity contribution < 1.29 is 34.0 Å². The van der Waals surface area contributed by atoms with E-state index in [1.54, 1.807) is 24.3 Å². The Kier molecular flexibility index (Phi) is 6.40. The first-order valence-corrected chi connectivity index (χ1v) is 12.3. The molecule has 7 heteroatoms. The van der Waals surface area contributed by atoms with Gasteiger partial charge in [0.25, 0.3) is 0 Å². The number of fused-ring (bicyclic) bond motifs is 2. The van der Waals surface area contributed by atoms with E-state index >= 15 is 0 Å². The fraction of sp³-hybridized carbons (Fsp3) is 0.333. The maximum Gasteiger partial charge on any atom is 0.198 e. The maximum absolute atomic E-state index is 13.3. The molecule has 3 aromatic carbocycles. The van der Waals surface area contributed by atoms with E-state index in [2.05, 4.69) is 0 Å². The third-order valence-corrected chi connectivity index (χ3v) is 6.95. The van der Waals surface area contributed by atoms with Gasteiger partial charge in [-0.05, 0) is 32.4 Å². The minimum absolute atomic E-state index is 0.163. The number of hydrogen-bond acceptors (Lipinski definition) is 7. The number of ether oxygens (including phenoxy) is 3.